The van der Waals surface area contributed by atoms with E-state index in [2.05, 4.69) is 17.6 Å². The van der Waals surface area contributed by atoms with Gasteiger partial charge in [-0.3, -0.25) is 14.4 Å². The smallest absolute Gasteiger partial charge is 0.319 e. The van der Waals surface area contributed by atoms with E-state index in [9.17, 15) is 14.4 Å². The van der Waals surface area contributed by atoms with Crippen molar-refractivity contribution in [2.24, 2.45) is 5.41 Å². The van der Waals surface area contributed by atoms with E-state index in [-0.39, 0.29) is 12.5 Å². The molecule has 2 rings (SSSR count). The summed E-state index contributed by atoms with van der Waals surface area (Å²) < 4.78 is 0. The van der Waals surface area contributed by atoms with Gasteiger partial charge >= 0.3 is 5.97 Å². The number of hydrogen-bond acceptors (Lipinski definition) is 3. The maximum Gasteiger partial charge on any atom is 0.319 e. The third-order valence-electron chi connectivity index (χ3n) is 4.08. The number of aliphatic carboxylic acids is 1. The van der Waals surface area contributed by atoms with Gasteiger partial charge in [0.1, 0.15) is 5.41 Å². The average Bonchev–Trinajstić information content (AvgIpc) is 3.35. The van der Waals surface area contributed by atoms with Gasteiger partial charge in [0, 0.05) is 18.7 Å². The van der Waals surface area contributed by atoms with Crippen molar-refractivity contribution in [2.75, 3.05) is 6.54 Å². The van der Waals surface area contributed by atoms with Crippen LogP contribution in [0.2, 0.25) is 0 Å². The number of amides is 2. The first-order valence-electron chi connectivity index (χ1n) is 7.88. The summed E-state index contributed by atoms with van der Waals surface area (Å²) in [5, 5.41) is 14.5. The van der Waals surface area contributed by atoms with Crippen LogP contribution in [0.15, 0.2) is 24.3 Å². The SMILES string of the molecule is CCCCNC(=O)c1ccc(CNC(=O)C2(C(=O)O)CC2)cc1. The molecule has 1 aromatic carbocycles. The number of benzene rings is 1. The standard InChI is InChI=1S/C17H22N2O4/c1-2-3-10-18-14(20)13-6-4-12(5-7-13)11-19-15(21)17(8-9-17)16(22)23/h4-7H,2-3,8-11H2,1H3,(H,18,20)(H,19,21)(H,22,23). The van der Waals surface area contributed by atoms with Gasteiger partial charge in [-0.25, -0.2) is 0 Å². The molecule has 0 bridgehead atoms. The minimum Gasteiger partial charge on any atom is -0.480 e. The molecule has 124 valence electrons. The van der Waals surface area contributed by atoms with E-state index in [0.717, 1.165) is 18.4 Å². The van der Waals surface area contributed by atoms with E-state index in [0.29, 0.717) is 24.9 Å². The Kier molecular flexibility index (Phi) is 5.36. The largest absolute Gasteiger partial charge is 0.480 e. The van der Waals surface area contributed by atoms with Crippen LogP contribution in [-0.2, 0) is 16.1 Å². The van der Waals surface area contributed by atoms with E-state index < -0.39 is 17.3 Å². The van der Waals surface area contributed by atoms with Gasteiger partial charge in [0.25, 0.3) is 5.91 Å². The number of carboxylic acid groups (broad SMARTS) is 1. The Morgan fingerprint density at radius 1 is 1.13 bits per heavy atom. The lowest BCUT2D eigenvalue weighted by molar-refractivity contribution is -0.149. The maximum atomic E-state index is 11.9. The van der Waals surface area contributed by atoms with Gasteiger partial charge in [-0.2, -0.15) is 0 Å². The molecular formula is C17H22N2O4. The van der Waals surface area contributed by atoms with Gasteiger partial charge in [0.05, 0.1) is 0 Å². The van der Waals surface area contributed by atoms with Crippen LogP contribution in [0.3, 0.4) is 0 Å². The highest BCUT2D eigenvalue weighted by atomic mass is 16.4. The van der Waals surface area contributed by atoms with Crippen LogP contribution >= 0.6 is 0 Å². The van der Waals surface area contributed by atoms with E-state index in [1.807, 2.05) is 0 Å². The molecule has 0 atom stereocenters. The Morgan fingerprint density at radius 2 is 1.78 bits per heavy atom. The number of unbranched alkanes of at least 4 members (excludes halogenated alkanes) is 1. The Labute approximate surface area is 135 Å². The van der Waals surface area contributed by atoms with Gasteiger partial charge in [-0.05, 0) is 37.0 Å². The first-order valence-corrected chi connectivity index (χ1v) is 7.88. The molecule has 3 N–H and O–H groups in total. The van der Waals surface area contributed by atoms with E-state index in [4.69, 9.17) is 5.11 Å². The predicted octanol–water partition coefficient (Wildman–Crippen LogP) is 1.70. The van der Waals surface area contributed by atoms with Crippen molar-refractivity contribution in [3.05, 3.63) is 35.4 Å². The molecule has 2 amide bonds. The fourth-order valence-corrected chi connectivity index (χ4v) is 2.27. The summed E-state index contributed by atoms with van der Waals surface area (Å²) in [6, 6.07) is 6.92. The lowest BCUT2D eigenvalue weighted by Crippen LogP contribution is -2.36. The van der Waals surface area contributed by atoms with Crippen LogP contribution in [0.25, 0.3) is 0 Å². The second-order valence-electron chi connectivity index (χ2n) is 5.88. The number of carboxylic acids is 1. The van der Waals surface area contributed by atoms with Crippen LogP contribution in [-0.4, -0.2) is 29.4 Å². The predicted molar refractivity (Wildman–Crippen MR) is 84.8 cm³/mol. The van der Waals surface area contributed by atoms with Crippen LogP contribution in [0.4, 0.5) is 0 Å². The van der Waals surface area contributed by atoms with Crippen LogP contribution in [0.1, 0.15) is 48.5 Å². The van der Waals surface area contributed by atoms with E-state index >= 15 is 0 Å². The minimum absolute atomic E-state index is 0.114. The zero-order valence-corrected chi connectivity index (χ0v) is 13.2. The molecule has 0 spiro atoms. The molecule has 0 heterocycles. The molecule has 0 aliphatic heterocycles. The monoisotopic (exact) mass is 318 g/mol. The summed E-state index contributed by atoms with van der Waals surface area (Å²) >= 11 is 0. The Bertz CT molecular complexity index is 591. The number of carbonyl (C=O) groups is 3. The van der Waals surface area contributed by atoms with E-state index in [1.165, 1.54) is 0 Å². The Hall–Kier alpha value is -2.37. The summed E-state index contributed by atoms with van der Waals surface area (Å²) in [5.74, 6) is -1.61. The molecule has 0 saturated heterocycles. The van der Waals surface area contributed by atoms with Crippen molar-refractivity contribution < 1.29 is 19.5 Å². The van der Waals surface area contributed by atoms with Crippen molar-refractivity contribution in [1.29, 1.82) is 0 Å². The first kappa shape index (κ1) is 17.0. The molecule has 6 nitrogen and oxygen atoms in total. The first-order chi connectivity index (χ1) is 11.0. The van der Waals surface area contributed by atoms with Crippen molar-refractivity contribution in [3.63, 3.8) is 0 Å². The Morgan fingerprint density at radius 3 is 2.30 bits per heavy atom. The quantitative estimate of drug-likeness (QED) is 0.502. The highest BCUT2D eigenvalue weighted by molar-refractivity contribution is 6.04. The van der Waals surface area contributed by atoms with Crippen molar-refractivity contribution in [2.45, 2.75) is 39.2 Å². The number of hydrogen-bond donors (Lipinski definition) is 3. The lowest BCUT2D eigenvalue weighted by atomic mass is 10.1. The molecule has 23 heavy (non-hydrogen) atoms. The van der Waals surface area contributed by atoms with Crippen LogP contribution < -0.4 is 10.6 Å². The van der Waals surface area contributed by atoms with Crippen molar-refractivity contribution in [1.82, 2.24) is 10.6 Å². The normalized spacial score (nSPS) is 14.8. The summed E-state index contributed by atoms with van der Waals surface area (Å²) in [6.07, 6.45) is 2.76. The molecular weight excluding hydrogens is 296 g/mol. The third kappa shape index (κ3) is 4.09. The van der Waals surface area contributed by atoms with E-state index in [1.54, 1.807) is 24.3 Å². The van der Waals surface area contributed by atoms with Gasteiger partial charge in [0.2, 0.25) is 5.91 Å². The molecule has 0 aromatic heterocycles. The second kappa shape index (κ2) is 7.26. The zero-order chi connectivity index (χ0) is 16.9. The molecule has 1 aliphatic carbocycles. The van der Waals surface area contributed by atoms with Crippen LogP contribution in [0, 0.1) is 5.41 Å². The molecule has 1 fully saturated rings. The number of carbonyl (C=O) groups excluding carboxylic acids is 2. The summed E-state index contributed by atoms with van der Waals surface area (Å²) in [4.78, 5) is 34.8. The van der Waals surface area contributed by atoms with Gasteiger partial charge < -0.3 is 15.7 Å². The number of nitrogens with one attached hydrogen (secondary N) is 2. The fraction of sp³-hybridized carbons (Fsp3) is 0.471. The van der Waals surface area contributed by atoms with Crippen molar-refractivity contribution in [3.8, 4) is 0 Å². The molecule has 0 unspecified atom stereocenters. The zero-order valence-electron chi connectivity index (χ0n) is 13.2. The van der Waals surface area contributed by atoms with Crippen molar-refractivity contribution >= 4 is 17.8 Å². The minimum atomic E-state index is -1.22. The molecule has 1 aromatic rings. The maximum absolute atomic E-state index is 11.9. The lowest BCUT2D eigenvalue weighted by Gasteiger charge is -2.11. The highest BCUT2D eigenvalue weighted by Crippen LogP contribution is 2.46. The fourth-order valence-electron chi connectivity index (χ4n) is 2.27. The summed E-state index contributed by atoms with van der Waals surface area (Å²) in [5.41, 5.74) is 0.170. The molecule has 1 saturated carbocycles. The van der Waals surface area contributed by atoms with Gasteiger partial charge in [-0.1, -0.05) is 25.5 Å². The molecule has 1 aliphatic rings. The molecule has 6 heteroatoms. The molecule has 0 radical (unpaired) electrons. The number of rotatable bonds is 8. The summed E-state index contributed by atoms with van der Waals surface area (Å²) in [7, 11) is 0. The average molecular weight is 318 g/mol. The van der Waals surface area contributed by atoms with Gasteiger partial charge in [-0.15, -0.1) is 0 Å². The van der Waals surface area contributed by atoms with Gasteiger partial charge in [0.15, 0.2) is 0 Å². The summed E-state index contributed by atoms with van der Waals surface area (Å²) in [6.45, 7) is 2.97. The topological polar surface area (TPSA) is 95.5 Å². The second-order valence-corrected chi connectivity index (χ2v) is 5.88. The highest BCUT2D eigenvalue weighted by Gasteiger charge is 2.56. The van der Waals surface area contributed by atoms with Crippen LogP contribution in [0.5, 0.6) is 0 Å². The Balaban J connectivity index is 1.84. The third-order valence-corrected chi connectivity index (χ3v) is 4.08.